The highest BCUT2D eigenvalue weighted by atomic mass is 16.5. The first-order valence-corrected chi connectivity index (χ1v) is 14.3. The van der Waals surface area contributed by atoms with Gasteiger partial charge in [-0.25, -0.2) is 0 Å². The molecular formula is C38H30O5. The summed E-state index contributed by atoms with van der Waals surface area (Å²) in [6, 6.07) is 30.1. The second kappa shape index (κ2) is 10.7. The maximum atomic E-state index is 13.4. The standard InChI is InChI=1S/C38H30O5/c1-3-43-35(40)36(26(2)39,22-12-24-37(41)31-18-8-4-14-27(31)28-15-5-9-19-32(28)37)23-13-25-38(42)33-20-10-6-16-29(33)30-17-7-11-21-34(30)38/h4-11,14-21,41-42H,3,22-23H2,1-2H3. The predicted octanol–water partition coefficient (Wildman–Crippen LogP) is 5.74. The van der Waals surface area contributed by atoms with Gasteiger partial charge in [0.25, 0.3) is 0 Å². The van der Waals surface area contributed by atoms with Gasteiger partial charge in [0.05, 0.1) is 6.61 Å². The van der Waals surface area contributed by atoms with Crippen molar-refractivity contribution < 1.29 is 24.5 Å². The van der Waals surface area contributed by atoms with Crippen LogP contribution < -0.4 is 0 Å². The van der Waals surface area contributed by atoms with E-state index >= 15 is 0 Å². The number of fused-ring (bicyclic) bond motifs is 6. The van der Waals surface area contributed by atoms with Crippen LogP contribution >= 0.6 is 0 Å². The van der Waals surface area contributed by atoms with E-state index < -0.39 is 28.4 Å². The Labute approximate surface area is 251 Å². The molecule has 212 valence electrons. The third-order valence-corrected chi connectivity index (χ3v) is 8.51. The number of carbonyl (C=O) groups is 2. The number of ether oxygens (including phenoxy) is 1. The highest BCUT2D eigenvalue weighted by molar-refractivity contribution is 6.03. The van der Waals surface area contributed by atoms with Crippen molar-refractivity contribution in [2.75, 3.05) is 6.61 Å². The number of hydrogen-bond donors (Lipinski definition) is 2. The van der Waals surface area contributed by atoms with Gasteiger partial charge >= 0.3 is 5.97 Å². The lowest BCUT2D eigenvalue weighted by atomic mass is 9.77. The lowest BCUT2D eigenvalue weighted by Crippen LogP contribution is -2.39. The maximum Gasteiger partial charge on any atom is 0.321 e. The van der Waals surface area contributed by atoms with Crippen molar-refractivity contribution in [1.82, 2.24) is 0 Å². The Morgan fingerprint density at radius 2 is 0.977 bits per heavy atom. The third kappa shape index (κ3) is 4.37. The second-order valence-electron chi connectivity index (χ2n) is 10.9. The van der Waals surface area contributed by atoms with Crippen LogP contribution in [-0.2, 0) is 25.5 Å². The Morgan fingerprint density at radius 1 is 0.651 bits per heavy atom. The Balaban J connectivity index is 1.39. The van der Waals surface area contributed by atoms with Gasteiger partial charge in [-0.3, -0.25) is 9.59 Å². The van der Waals surface area contributed by atoms with Crippen LogP contribution in [0.2, 0.25) is 0 Å². The molecular weight excluding hydrogens is 536 g/mol. The molecule has 0 bridgehead atoms. The number of benzene rings is 4. The highest BCUT2D eigenvalue weighted by Crippen LogP contribution is 2.48. The number of ketones is 1. The van der Waals surface area contributed by atoms with Gasteiger partial charge in [0, 0.05) is 35.1 Å². The molecule has 0 radical (unpaired) electrons. The molecule has 0 saturated heterocycles. The minimum absolute atomic E-state index is 0.0735. The number of esters is 1. The predicted molar refractivity (Wildman–Crippen MR) is 164 cm³/mol. The molecule has 0 amide bonds. The average molecular weight is 567 g/mol. The monoisotopic (exact) mass is 566 g/mol. The normalized spacial score (nSPS) is 14.5. The van der Waals surface area contributed by atoms with E-state index in [9.17, 15) is 19.8 Å². The van der Waals surface area contributed by atoms with Gasteiger partial charge in [0.2, 0.25) is 0 Å². The minimum atomic E-state index is -1.71. The average Bonchev–Trinajstić information content (AvgIpc) is 3.43. The van der Waals surface area contributed by atoms with Gasteiger partial charge in [-0.05, 0) is 36.1 Å². The van der Waals surface area contributed by atoms with Crippen LogP contribution in [0, 0.1) is 29.1 Å². The molecule has 4 aromatic rings. The van der Waals surface area contributed by atoms with E-state index in [1.54, 1.807) is 6.92 Å². The summed E-state index contributed by atoms with van der Waals surface area (Å²) in [6.07, 6.45) is -0.428. The van der Waals surface area contributed by atoms with Gasteiger partial charge in [0.1, 0.15) is 11.2 Å². The third-order valence-electron chi connectivity index (χ3n) is 8.51. The summed E-state index contributed by atoms with van der Waals surface area (Å²) in [7, 11) is 0. The molecule has 43 heavy (non-hydrogen) atoms. The fourth-order valence-electron chi connectivity index (χ4n) is 6.21. The van der Waals surface area contributed by atoms with Gasteiger partial charge in [-0.1, -0.05) is 121 Å². The first-order chi connectivity index (χ1) is 20.8. The van der Waals surface area contributed by atoms with E-state index in [1.807, 2.05) is 97.1 Å². The molecule has 0 atom stereocenters. The van der Waals surface area contributed by atoms with Crippen molar-refractivity contribution in [3.63, 3.8) is 0 Å². The number of Topliss-reactive ketones (excluding diaryl/α,β-unsaturated/α-hetero) is 1. The molecule has 0 aromatic heterocycles. The Morgan fingerprint density at radius 3 is 1.28 bits per heavy atom. The maximum absolute atomic E-state index is 13.4. The molecule has 0 spiro atoms. The molecule has 0 saturated carbocycles. The molecule has 2 aliphatic carbocycles. The van der Waals surface area contributed by atoms with E-state index in [0.717, 1.165) is 22.3 Å². The van der Waals surface area contributed by atoms with Crippen molar-refractivity contribution in [3.8, 4) is 45.9 Å². The first kappa shape index (κ1) is 28.2. The lowest BCUT2D eigenvalue weighted by molar-refractivity contribution is -0.159. The van der Waals surface area contributed by atoms with Gasteiger partial charge in [-0.2, -0.15) is 0 Å². The van der Waals surface area contributed by atoms with Crippen LogP contribution in [0.3, 0.4) is 0 Å². The van der Waals surface area contributed by atoms with Crippen LogP contribution in [0.4, 0.5) is 0 Å². The first-order valence-electron chi connectivity index (χ1n) is 14.3. The topological polar surface area (TPSA) is 83.8 Å². The summed E-state index contributed by atoms with van der Waals surface area (Å²) in [6.45, 7) is 3.07. The summed E-state index contributed by atoms with van der Waals surface area (Å²) in [5.41, 5.74) is 1.20. The number of carbonyl (C=O) groups excluding carboxylic acids is 2. The summed E-state index contributed by atoms with van der Waals surface area (Å²) in [4.78, 5) is 26.6. The van der Waals surface area contributed by atoms with Crippen LogP contribution in [0.1, 0.15) is 48.9 Å². The summed E-state index contributed by atoms with van der Waals surface area (Å²) < 4.78 is 5.37. The summed E-state index contributed by atoms with van der Waals surface area (Å²) >= 11 is 0. The van der Waals surface area contributed by atoms with E-state index in [0.29, 0.717) is 22.3 Å². The largest absolute Gasteiger partial charge is 0.465 e. The molecule has 0 heterocycles. The minimum Gasteiger partial charge on any atom is -0.465 e. The van der Waals surface area contributed by atoms with Gasteiger partial charge in [0.15, 0.2) is 11.2 Å². The SMILES string of the molecule is CCOC(=O)C(CC#CC1(O)c2ccccc2-c2ccccc21)(CC#CC1(O)c2ccccc2-c2ccccc21)C(C)=O. The summed E-state index contributed by atoms with van der Waals surface area (Å²) in [5.74, 6) is 10.8. The zero-order chi connectivity index (χ0) is 30.2. The van der Waals surface area contributed by atoms with Crippen molar-refractivity contribution >= 4 is 11.8 Å². The van der Waals surface area contributed by atoms with Crippen molar-refractivity contribution in [2.45, 2.75) is 37.9 Å². The van der Waals surface area contributed by atoms with Crippen LogP contribution in [-0.4, -0.2) is 28.6 Å². The zero-order valence-electron chi connectivity index (χ0n) is 24.0. The Bertz CT molecular complexity index is 1680. The van der Waals surface area contributed by atoms with Gasteiger partial charge < -0.3 is 14.9 Å². The van der Waals surface area contributed by atoms with Crippen LogP contribution in [0.25, 0.3) is 22.3 Å². The molecule has 2 aliphatic rings. The molecule has 5 heteroatoms. The van der Waals surface area contributed by atoms with Crippen molar-refractivity contribution in [1.29, 1.82) is 0 Å². The molecule has 5 nitrogen and oxygen atoms in total. The van der Waals surface area contributed by atoms with Crippen LogP contribution in [0.15, 0.2) is 97.1 Å². The van der Waals surface area contributed by atoms with Crippen molar-refractivity contribution in [2.24, 2.45) is 5.41 Å². The Hall–Kier alpha value is -4.94. The summed E-state index contributed by atoms with van der Waals surface area (Å²) in [5, 5.41) is 23.8. The number of rotatable bonds is 5. The van der Waals surface area contributed by atoms with E-state index in [-0.39, 0.29) is 19.4 Å². The number of aliphatic hydroxyl groups is 2. The fourth-order valence-corrected chi connectivity index (χ4v) is 6.21. The molecule has 6 rings (SSSR count). The van der Waals surface area contributed by atoms with E-state index in [1.165, 1.54) is 6.92 Å². The van der Waals surface area contributed by atoms with Gasteiger partial charge in [-0.15, -0.1) is 0 Å². The number of hydrogen-bond acceptors (Lipinski definition) is 5. The van der Waals surface area contributed by atoms with E-state index in [4.69, 9.17) is 4.74 Å². The zero-order valence-corrected chi connectivity index (χ0v) is 24.0. The molecule has 0 unspecified atom stereocenters. The molecule has 4 aromatic carbocycles. The highest BCUT2D eigenvalue weighted by Gasteiger charge is 2.46. The second-order valence-corrected chi connectivity index (χ2v) is 10.9. The van der Waals surface area contributed by atoms with Crippen molar-refractivity contribution in [3.05, 3.63) is 119 Å². The van der Waals surface area contributed by atoms with Crippen LogP contribution in [0.5, 0.6) is 0 Å². The molecule has 2 N–H and O–H groups in total. The quantitative estimate of drug-likeness (QED) is 0.183. The smallest absolute Gasteiger partial charge is 0.321 e. The lowest BCUT2D eigenvalue weighted by Gasteiger charge is -2.26. The molecule has 0 aliphatic heterocycles. The Kier molecular flexibility index (Phi) is 7.03. The molecule has 0 fully saturated rings. The van der Waals surface area contributed by atoms with E-state index in [2.05, 4.69) is 23.7 Å². The fraction of sp³-hybridized carbons (Fsp3) is 0.211.